The van der Waals surface area contributed by atoms with E-state index < -0.39 is 14.6 Å². The normalized spacial score (nSPS) is 20.7. The molecule has 0 heterocycles. The highest BCUT2D eigenvalue weighted by atomic mass is 32.2. The molecule has 104 valence electrons. The fourth-order valence-electron chi connectivity index (χ4n) is 2.21. The number of carbonyl (C=O) groups excluding carboxylic acids is 1. The van der Waals surface area contributed by atoms with E-state index in [-0.39, 0.29) is 17.0 Å². The SMILES string of the molecule is CC1(C)CC(=O)C=C(CCS(=O)(=O)C(C)(C)C)C1. The first kappa shape index (κ1) is 15.4. The Hall–Kier alpha value is -0.640. The molecule has 0 N–H and O–H groups in total. The van der Waals surface area contributed by atoms with Crippen molar-refractivity contribution in [3.8, 4) is 0 Å². The third-order valence-electron chi connectivity index (χ3n) is 3.35. The fourth-order valence-corrected chi connectivity index (χ4v) is 3.35. The van der Waals surface area contributed by atoms with Gasteiger partial charge in [0.25, 0.3) is 0 Å². The zero-order chi connectivity index (χ0) is 14.2. The lowest BCUT2D eigenvalue weighted by atomic mass is 9.76. The number of ketones is 1. The molecule has 0 unspecified atom stereocenters. The van der Waals surface area contributed by atoms with Crippen LogP contribution in [0.1, 0.15) is 53.9 Å². The lowest BCUT2D eigenvalue weighted by molar-refractivity contribution is -0.117. The number of allylic oxidation sites excluding steroid dienone is 2. The monoisotopic (exact) mass is 272 g/mol. The molecule has 0 aromatic heterocycles. The van der Waals surface area contributed by atoms with Crippen molar-refractivity contribution >= 4 is 15.6 Å². The summed E-state index contributed by atoms with van der Waals surface area (Å²) in [5.74, 6) is 0.250. The van der Waals surface area contributed by atoms with Gasteiger partial charge in [0.05, 0.1) is 10.5 Å². The molecule has 0 spiro atoms. The zero-order valence-corrected chi connectivity index (χ0v) is 12.9. The second kappa shape index (κ2) is 4.80. The van der Waals surface area contributed by atoms with Crippen LogP contribution >= 0.6 is 0 Å². The standard InChI is InChI=1S/C14H24O3S/c1-13(2,3)18(16,17)7-6-11-8-12(15)10-14(4,5)9-11/h8H,6-7,9-10H2,1-5H3. The topological polar surface area (TPSA) is 51.2 Å². The Balaban J connectivity index is 2.74. The number of sulfone groups is 1. The molecule has 0 fully saturated rings. The van der Waals surface area contributed by atoms with Crippen LogP contribution in [-0.2, 0) is 14.6 Å². The van der Waals surface area contributed by atoms with Gasteiger partial charge in [-0.2, -0.15) is 0 Å². The van der Waals surface area contributed by atoms with Crippen LogP contribution in [0.5, 0.6) is 0 Å². The van der Waals surface area contributed by atoms with Gasteiger partial charge in [0, 0.05) is 6.42 Å². The molecular formula is C14H24O3S. The highest BCUT2D eigenvalue weighted by molar-refractivity contribution is 7.92. The number of hydrogen-bond donors (Lipinski definition) is 0. The van der Waals surface area contributed by atoms with E-state index in [0.717, 1.165) is 12.0 Å². The van der Waals surface area contributed by atoms with Gasteiger partial charge in [-0.1, -0.05) is 19.4 Å². The lowest BCUT2D eigenvalue weighted by Crippen LogP contribution is -2.31. The van der Waals surface area contributed by atoms with Crippen molar-refractivity contribution in [1.82, 2.24) is 0 Å². The molecule has 4 heteroatoms. The maximum absolute atomic E-state index is 12.0. The summed E-state index contributed by atoms with van der Waals surface area (Å²) in [6.45, 7) is 9.25. The Kier molecular flexibility index (Phi) is 4.11. The molecular weight excluding hydrogens is 248 g/mol. The van der Waals surface area contributed by atoms with Crippen molar-refractivity contribution in [3.63, 3.8) is 0 Å². The maximum atomic E-state index is 12.0. The summed E-state index contributed by atoms with van der Waals surface area (Å²) in [5.41, 5.74) is 0.941. The van der Waals surface area contributed by atoms with E-state index in [0.29, 0.717) is 12.8 Å². The summed E-state index contributed by atoms with van der Waals surface area (Å²) in [6, 6.07) is 0. The molecule has 0 saturated heterocycles. The van der Waals surface area contributed by atoms with Gasteiger partial charge in [-0.15, -0.1) is 0 Å². The van der Waals surface area contributed by atoms with E-state index in [1.165, 1.54) is 0 Å². The van der Waals surface area contributed by atoms with Crippen molar-refractivity contribution in [1.29, 1.82) is 0 Å². The van der Waals surface area contributed by atoms with Crippen molar-refractivity contribution in [2.45, 2.75) is 58.6 Å². The Bertz CT molecular complexity index is 462. The average Bonchev–Trinajstić information content (AvgIpc) is 2.09. The highest BCUT2D eigenvalue weighted by Crippen LogP contribution is 2.35. The first-order chi connectivity index (χ1) is 7.93. The van der Waals surface area contributed by atoms with Gasteiger partial charge in [-0.05, 0) is 45.1 Å². The summed E-state index contributed by atoms with van der Waals surface area (Å²) in [4.78, 5) is 11.6. The van der Waals surface area contributed by atoms with Crippen LogP contribution in [0.3, 0.4) is 0 Å². The molecule has 0 aliphatic heterocycles. The predicted molar refractivity (Wildman–Crippen MR) is 74.3 cm³/mol. The van der Waals surface area contributed by atoms with Crippen LogP contribution in [0.25, 0.3) is 0 Å². The third kappa shape index (κ3) is 3.94. The first-order valence-electron chi connectivity index (χ1n) is 6.38. The van der Waals surface area contributed by atoms with Crippen LogP contribution in [0.15, 0.2) is 11.6 Å². The minimum absolute atomic E-state index is 0.0351. The molecule has 0 radical (unpaired) electrons. The second-order valence-electron chi connectivity index (χ2n) is 6.97. The Morgan fingerprint density at radius 3 is 2.22 bits per heavy atom. The third-order valence-corrected chi connectivity index (χ3v) is 5.96. The van der Waals surface area contributed by atoms with Gasteiger partial charge < -0.3 is 0 Å². The van der Waals surface area contributed by atoms with E-state index >= 15 is 0 Å². The van der Waals surface area contributed by atoms with Gasteiger partial charge in [-0.25, -0.2) is 8.42 Å². The number of rotatable bonds is 3. The molecule has 0 aromatic rings. The zero-order valence-electron chi connectivity index (χ0n) is 12.0. The highest BCUT2D eigenvalue weighted by Gasteiger charge is 2.31. The molecule has 1 rings (SSSR count). The van der Waals surface area contributed by atoms with Gasteiger partial charge >= 0.3 is 0 Å². The van der Waals surface area contributed by atoms with Crippen LogP contribution in [0.4, 0.5) is 0 Å². The van der Waals surface area contributed by atoms with Crippen molar-refractivity contribution in [2.75, 3.05) is 5.75 Å². The summed E-state index contributed by atoms with van der Waals surface area (Å²) < 4.78 is 23.3. The first-order valence-corrected chi connectivity index (χ1v) is 8.03. The minimum atomic E-state index is -3.10. The average molecular weight is 272 g/mol. The molecule has 1 aliphatic carbocycles. The predicted octanol–water partition coefficient (Wildman–Crippen LogP) is 2.91. The maximum Gasteiger partial charge on any atom is 0.156 e. The van der Waals surface area contributed by atoms with Crippen LogP contribution in [0, 0.1) is 5.41 Å². The molecule has 0 bridgehead atoms. The molecule has 0 saturated carbocycles. The van der Waals surface area contributed by atoms with E-state index in [1.54, 1.807) is 26.8 Å². The molecule has 0 atom stereocenters. The largest absolute Gasteiger partial charge is 0.295 e. The second-order valence-corrected chi connectivity index (χ2v) is 9.83. The summed E-state index contributed by atoms with van der Waals surface area (Å²) in [6.07, 6.45) is 3.50. The van der Waals surface area contributed by atoms with Crippen molar-refractivity contribution in [3.05, 3.63) is 11.6 Å². The van der Waals surface area contributed by atoms with Gasteiger partial charge in [0.2, 0.25) is 0 Å². The Morgan fingerprint density at radius 1 is 1.22 bits per heavy atom. The smallest absolute Gasteiger partial charge is 0.156 e. The van der Waals surface area contributed by atoms with Crippen molar-refractivity contribution in [2.24, 2.45) is 5.41 Å². The Labute approximate surface area is 111 Å². The minimum Gasteiger partial charge on any atom is -0.295 e. The fraction of sp³-hybridized carbons (Fsp3) is 0.786. The number of carbonyl (C=O) groups is 1. The van der Waals surface area contributed by atoms with E-state index in [9.17, 15) is 13.2 Å². The van der Waals surface area contributed by atoms with Crippen molar-refractivity contribution < 1.29 is 13.2 Å². The number of hydrogen-bond acceptors (Lipinski definition) is 3. The molecule has 1 aliphatic rings. The van der Waals surface area contributed by atoms with E-state index in [4.69, 9.17) is 0 Å². The molecule has 0 amide bonds. The van der Waals surface area contributed by atoms with Crippen LogP contribution in [-0.4, -0.2) is 24.7 Å². The van der Waals surface area contributed by atoms with Gasteiger partial charge in [0.1, 0.15) is 0 Å². The molecule has 3 nitrogen and oxygen atoms in total. The summed E-state index contributed by atoms with van der Waals surface area (Å²) in [5, 5.41) is 0. The molecule has 18 heavy (non-hydrogen) atoms. The van der Waals surface area contributed by atoms with Gasteiger partial charge in [0.15, 0.2) is 15.6 Å². The van der Waals surface area contributed by atoms with Gasteiger partial charge in [-0.3, -0.25) is 4.79 Å². The summed E-state index contributed by atoms with van der Waals surface area (Å²) in [7, 11) is -3.10. The van der Waals surface area contributed by atoms with Crippen LogP contribution < -0.4 is 0 Å². The Morgan fingerprint density at radius 2 is 1.78 bits per heavy atom. The van der Waals surface area contributed by atoms with E-state index in [1.807, 2.05) is 0 Å². The molecule has 0 aromatic carbocycles. The van der Waals surface area contributed by atoms with E-state index in [2.05, 4.69) is 13.8 Å². The quantitative estimate of drug-likeness (QED) is 0.793. The summed E-state index contributed by atoms with van der Waals surface area (Å²) >= 11 is 0. The lowest BCUT2D eigenvalue weighted by Gasteiger charge is -2.29. The van der Waals surface area contributed by atoms with Crippen LogP contribution in [0.2, 0.25) is 0 Å².